The summed E-state index contributed by atoms with van der Waals surface area (Å²) in [7, 11) is 0. The molecule has 1 fully saturated rings. The van der Waals surface area contributed by atoms with Crippen LogP contribution < -0.4 is 5.32 Å². The van der Waals surface area contributed by atoms with E-state index in [-0.39, 0.29) is 12.1 Å². The molecule has 2 rings (SSSR count). The molecule has 116 valence electrons. The van der Waals surface area contributed by atoms with Crippen LogP contribution >= 0.6 is 0 Å². The first-order valence-corrected chi connectivity index (χ1v) is 7.66. The number of hydrogen-bond acceptors (Lipinski definition) is 3. The number of aryl methyl sites for hydroxylation is 2. The van der Waals surface area contributed by atoms with Crippen LogP contribution in [0.15, 0.2) is 18.2 Å². The predicted molar refractivity (Wildman–Crippen MR) is 84.0 cm³/mol. The van der Waals surface area contributed by atoms with Crippen molar-refractivity contribution in [2.75, 3.05) is 26.3 Å². The lowest BCUT2D eigenvalue weighted by atomic mass is 10.0. The third kappa shape index (κ3) is 4.05. The Morgan fingerprint density at radius 2 is 2.14 bits per heavy atom. The molecule has 0 spiro atoms. The molecule has 4 nitrogen and oxygen atoms in total. The molecule has 1 aromatic rings. The van der Waals surface area contributed by atoms with Gasteiger partial charge in [-0.2, -0.15) is 0 Å². The van der Waals surface area contributed by atoms with Crippen molar-refractivity contribution in [2.24, 2.45) is 5.92 Å². The zero-order valence-corrected chi connectivity index (χ0v) is 13.5. The fourth-order valence-corrected chi connectivity index (χ4v) is 2.69. The van der Waals surface area contributed by atoms with E-state index in [1.54, 1.807) is 0 Å². The highest BCUT2D eigenvalue weighted by molar-refractivity contribution is 5.81. The first-order valence-electron chi connectivity index (χ1n) is 7.66. The van der Waals surface area contributed by atoms with Crippen LogP contribution in [0.5, 0.6) is 0 Å². The van der Waals surface area contributed by atoms with Crippen molar-refractivity contribution in [1.82, 2.24) is 10.2 Å². The van der Waals surface area contributed by atoms with E-state index in [1.807, 2.05) is 4.90 Å². The summed E-state index contributed by atoms with van der Waals surface area (Å²) in [5, 5.41) is 3.30. The van der Waals surface area contributed by atoms with Gasteiger partial charge in [0, 0.05) is 13.2 Å². The van der Waals surface area contributed by atoms with Gasteiger partial charge in [0.2, 0.25) is 5.91 Å². The summed E-state index contributed by atoms with van der Waals surface area (Å²) < 4.78 is 5.62. The second-order valence-electron chi connectivity index (χ2n) is 6.20. The van der Waals surface area contributed by atoms with E-state index < -0.39 is 0 Å². The van der Waals surface area contributed by atoms with E-state index >= 15 is 0 Å². The van der Waals surface area contributed by atoms with Gasteiger partial charge in [-0.15, -0.1) is 0 Å². The lowest BCUT2D eigenvalue weighted by molar-refractivity contribution is -0.128. The second-order valence-corrected chi connectivity index (χ2v) is 6.20. The van der Waals surface area contributed by atoms with Crippen LogP contribution in [0, 0.1) is 19.8 Å². The molecule has 21 heavy (non-hydrogen) atoms. The maximum absolute atomic E-state index is 12.1. The van der Waals surface area contributed by atoms with E-state index in [4.69, 9.17) is 4.74 Å². The van der Waals surface area contributed by atoms with Crippen molar-refractivity contribution in [3.05, 3.63) is 34.9 Å². The smallest absolute Gasteiger partial charge is 0.238 e. The third-order valence-corrected chi connectivity index (χ3v) is 3.73. The minimum Gasteiger partial charge on any atom is -0.379 e. The molecule has 0 aliphatic carbocycles. The van der Waals surface area contributed by atoms with Crippen LogP contribution in [0.2, 0.25) is 0 Å². The van der Waals surface area contributed by atoms with Crippen molar-refractivity contribution in [1.29, 1.82) is 0 Å². The van der Waals surface area contributed by atoms with E-state index in [9.17, 15) is 4.79 Å². The highest BCUT2D eigenvalue weighted by Crippen LogP contribution is 2.25. The molecule has 1 aromatic carbocycles. The maximum atomic E-state index is 12.1. The Morgan fingerprint density at radius 1 is 1.38 bits per heavy atom. The molecule has 0 aromatic heterocycles. The SMILES string of the molecule is Cc1ccc(C2NCC(=O)N2CCOCC(C)C)c(C)c1. The molecule has 1 heterocycles. The Morgan fingerprint density at radius 3 is 2.81 bits per heavy atom. The number of ether oxygens (including phenoxy) is 1. The van der Waals surface area contributed by atoms with Gasteiger partial charge in [-0.1, -0.05) is 37.6 Å². The standard InChI is InChI=1S/C17H26N2O2/c1-12(2)11-21-8-7-19-16(20)10-18-17(19)15-6-5-13(3)9-14(15)4/h5-6,9,12,17-18H,7-8,10-11H2,1-4H3. The number of benzene rings is 1. The molecule has 1 N–H and O–H groups in total. The maximum Gasteiger partial charge on any atom is 0.238 e. The number of carbonyl (C=O) groups excluding carboxylic acids is 1. The molecular weight excluding hydrogens is 264 g/mol. The minimum absolute atomic E-state index is 0.0271. The van der Waals surface area contributed by atoms with Crippen molar-refractivity contribution < 1.29 is 9.53 Å². The summed E-state index contributed by atoms with van der Waals surface area (Å²) in [5.41, 5.74) is 3.64. The first-order chi connectivity index (χ1) is 9.99. The Bertz CT molecular complexity index is 500. The normalized spacial score (nSPS) is 18.8. The number of hydrogen-bond donors (Lipinski definition) is 1. The average molecular weight is 290 g/mol. The Balaban J connectivity index is 2.02. The number of nitrogens with zero attached hydrogens (tertiary/aromatic N) is 1. The molecule has 1 aliphatic rings. The fourth-order valence-electron chi connectivity index (χ4n) is 2.69. The molecule has 1 atom stereocenters. The summed E-state index contributed by atoms with van der Waals surface area (Å²) >= 11 is 0. The van der Waals surface area contributed by atoms with Gasteiger partial charge in [0.15, 0.2) is 0 Å². The minimum atomic E-state index is -0.0271. The van der Waals surface area contributed by atoms with Gasteiger partial charge < -0.3 is 9.64 Å². The summed E-state index contributed by atoms with van der Waals surface area (Å²) in [4.78, 5) is 14.0. The lowest BCUT2D eigenvalue weighted by Gasteiger charge is -2.26. The molecule has 1 aliphatic heterocycles. The lowest BCUT2D eigenvalue weighted by Crippen LogP contribution is -2.34. The van der Waals surface area contributed by atoms with Gasteiger partial charge in [0.25, 0.3) is 0 Å². The third-order valence-electron chi connectivity index (χ3n) is 3.73. The highest BCUT2D eigenvalue weighted by atomic mass is 16.5. The molecule has 0 saturated carbocycles. The van der Waals surface area contributed by atoms with Crippen molar-refractivity contribution in [2.45, 2.75) is 33.9 Å². The van der Waals surface area contributed by atoms with Crippen molar-refractivity contribution in [3.8, 4) is 0 Å². The Hall–Kier alpha value is -1.39. The van der Waals surface area contributed by atoms with E-state index in [2.05, 4.69) is 51.2 Å². The predicted octanol–water partition coefficient (Wildman–Crippen LogP) is 2.41. The molecule has 0 radical (unpaired) electrons. The molecular formula is C17H26N2O2. The first kappa shape index (κ1) is 16.0. The van der Waals surface area contributed by atoms with E-state index in [0.717, 1.165) is 6.61 Å². The topological polar surface area (TPSA) is 41.6 Å². The van der Waals surface area contributed by atoms with Crippen LogP contribution in [0.1, 0.15) is 36.7 Å². The highest BCUT2D eigenvalue weighted by Gasteiger charge is 2.31. The zero-order chi connectivity index (χ0) is 15.4. The number of rotatable bonds is 6. The molecule has 4 heteroatoms. The Kier molecular flexibility index (Phi) is 5.37. The number of nitrogens with one attached hydrogen (secondary N) is 1. The summed E-state index contributed by atoms with van der Waals surface area (Å²) in [6.45, 7) is 10.8. The van der Waals surface area contributed by atoms with Crippen LogP contribution in [-0.2, 0) is 9.53 Å². The molecule has 1 amide bonds. The van der Waals surface area contributed by atoms with Gasteiger partial charge in [-0.05, 0) is 30.9 Å². The molecule has 1 unspecified atom stereocenters. The summed E-state index contributed by atoms with van der Waals surface area (Å²) in [6, 6.07) is 6.37. The average Bonchev–Trinajstić information content (AvgIpc) is 2.76. The summed E-state index contributed by atoms with van der Waals surface area (Å²) in [5.74, 6) is 0.667. The zero-order valence-electron chi connectivity index (χ0n) is 13.5. The Labute approximate surface area is 127 Å². The molecule has 0 bridgehead atoms. The van der Waals surface area contributed by atoms with Gasteiger partial charge >= 0.3 is 0 Å². The monoisotopic (exact) mass is 290 g/mol. The summed E-state index contributed by atoms with van der Waals surface area (Å²) in [6.07, 6.45) is -0.0271. The van der Waals surface area contributed by atoms with Crippen LogP contribution in [0.25, 0.3) is 0 Å². The number of carbonyl (C=O) groups is 1. The van der Waals surface area contributed by atoms with E-state index in [1.165, 1.54) is 16.7 Å². The van der Waals surface area contributed by atoms with Crippen molar-refractivity contribution in [3.63, 3.8) is 0 Å². The van der Waals surface area contributed by atoms with Gasteiger partial charge in [0.1, 0.15) is 6.17 Å². The van der Waals surface area contributed by atoms with Gasteiger partial charge in [-0.3, -0.25) is 10.1 Å². The molecule has 1 saturated heterocycles. The van der Waals surface area contributed by atoms with Gasteiger partial charge in [-0.25, -0.2) is 0 Å². The number of amides is 1. The van der Waals surface area contributed by atoms with Gasteiger partial charge in [0.05, 0.1) is 13.2 Å². The second kappa shape index (κ2) is 7.05. The largest absolute Gasteiger partial charge is 0.379 e. The van der Waals surface area contributed by atoms with Crippen LogP contribution in [-0.4, -0.2) is 37.1 Å². The van der Waals surface area contributed by atoms with Crippen LogP contribution in [0.3, 0.4) is 0 Å². The van der Waals surface area contributed by atoms with E-state index in [0.29, 0.717) is 25.6 Å². The van der Waals surface area contributed by atoms with Crippen molar-refractivity contribution >= 4 is 5.91 Å². The van der Waals surface area contributed by atoms with Crippen LogP contribution in [0.4, 0.5) is 0 Å². The fraction of sp³-hybridized carbons (Fsp3) is 0.588. The quantitative estimate of drug-likeness (QED) is 0.818.